The lowest BCUT2D eigenvalue weighted by atomic mass is 10.1. The fraction of sp³-hybridized carbons (Fsp3) is 0.250. The van der Waals surface area contributed by atoms with Gasteiger partial charge >= 0.3 is 11.9 Å². The number of H-pyrrole nitrogens is 1. The molecule has 0 aliphatic heterocycles. The van der Waals surface area contributed by atoms with Crippen LogP contribution in [-0.2, 0) is 9.47 Å². The van der Waals surface area contributed by atoms with Crippen LogP contribution in [0.4, 0.5) is 0 Å². The second kappa shape index (κ2) is 7.59. The number of aromatic nitrogens is 3. The molecule has 0 unspecified atom stereocenters. The Kier molecular flexibility index (Phi) is 5.21. The molecular weight excluding hydrogens is 362 g/mol. The summed E-state index contributed by atoms with van der Waals surface area (Å²) < 4.78 is 10.1. The van der Waals surface area contributed by atoms with Crippen molar-refractivity contribution in [3.05, 3.63) is 58.7 Å². The number of benzene rings is 1. The van der Waals surface area contributed by atoms with Crippen molar-refractivity contribution in [3.8, 4) is 0 Å². The Bertz CT molecular complexity index is 1090. The number of carbonyl (C=O) groups is 3. The van der Waals surface area contributed by atoms with Gasteiger partial charge in [-0.15, -0.1) is 0 Å². The summed E-state index contributed by atoms with van der Waals surface area (Å²) in [5, 5.41) is 0. The first kappa shape index (κ1) is 19.2. The first-order valence-electron chi connectivity index (χ1n) is 8.57. The Labute approximate surface area is 160 Å². The van der Waals surface area contributed by atoms with Gasteiger partial charge in [0.25, 0.3) is 0 Å². The van der Waals surface area contributed by atoms with Crippen LogP contribution in [0.3, 0.4) is 0 Å². The third-order valence-corrected chi connectivity index (χ3v) is 4.43. The molecule has 0 amide bonds. The zero-order chi connectivity index (χ0) is 20.4. The van der Waals surface area contributed by atoms with Gasteiger partial charge in [0.05, 0.1) is 35.0 Å². The number of nitrogens with zero attached hydrogens (tertiary/aromatic N) is 2. The maximum Gasteiger partial charge on any atom is 0.339 e. The molecule has 0 saturated heterocycles. The lowest BCUT2D eigenvalue weighted by Gasteiger charge is -2.12. The second-order valence-electron chi connectivity index (χ2n) is 6.29. The molecule has 0 bridgehead atoms. The Balaban J connectivity index is 1.80. The Morgan fingerprint density at radius 2 is 1.71 bits per heavy atom. The van der Waals surface area contributed by atoms with Crippen LogP contribution in [0, 0.1) is 13.8 Å². The van der Waals surface area contributed by atoms with Gasteiger partial charge in [0.1, 0.15) is 0 Å². The summed E-state index contributed by atoms with van der Waals surface area (Å²) in [5.41, 5.74) is 2.95. The van der Waals surface area contributed by atoms with Crippen LogP contribution in [-0.4, -0.2) is 45.9 Å². The summed E-state index contributed by atoms with van der Waals surface area (Å²) in [6.07, 6.45) is 2.04. The van der Waals surface area contributed by atoms with Crippen molar-refractivity contribution < 1.29 is 23.9 Å². The summed E-state index contributed by atoms with van der Waals surface area (Å²) in [7, 11) is 1.27. The maximum atomic E-state index is 12.7. The van der Waals surface area contributed by atoms with Gasteiger partial charge in [0, 0.05) is 18.1 Å². The molecule has 1 aromatic carbocycles. The molecule has 0 radical (unpaired) electrons. The highest BCUT2D eigenvalue weighted by Gasteiger charge is 2.27. The quantitative estimate of drug-likeness (QED) is 0.534. The van der Waals surface area contributed by atoms with Crippen LogP contribution in [0.1, 0.15) is 49.4 Å². The molecule has 1 atom stereocenters. The molecule has 0 aliphatic rings. The van der Waals surface area contributed by atoms with E-state index < -0.39 is 23.8 Å². The molecule has 3 rings (SSSR count). The van der Waals surface area contributed by atoms with E-state index in [1.165, 1.54) is 20.2 Å². The van der Waals surface area contributed by atoms with Crippen molar-refractivity contribution >= 4 is 28.8 Å². The molecule has 28 heavy (non-hydrogen) atoms. The van der Waals surface area contributed by atoms with Crippen molar-refractivity contribution in [2.75, 3.05) is 7.11 Å². The van der Waals surface area contributed by atoms with E-state index in [1.54, 1.807) is 38.2 Å². The van der Waals surface area contributed by atoms with Gasteiger partial charge in [-0.2, -0.15) is 0 Å². The zero-order valence-corrected chi connectivity index (χ0v) is 15.9. The first-order chi connectivity index (χ1) is 13.3. The van der Waals surface area contributed by atoms with Crippen molar-refractivity contribution in [3.63, 3.8) is 0 Å². The van der Waals surface area contributed by atoms with Gasteiger partial charge in [-0.3, -0.25) is 14.8 Å². The topological polar surface area (TPSA) is 111 Å². The van der Waals surface area contributed by atoms with Gasteiger partial charge in [-0.1, -0.05) is 0 Å². The summed E-state index contributed by atoms with van der Waals surface area (Å²) >= 11 is 0. The SMILES string of the molecule is COC(=O)c1c(C)[nH]c(C(=O)[C@H](C)OC(=O)c2ccc3nccnc3c2)c1C. The molecule has 3 aromatic rings. The number of rotatable bonds is 5. The van der Waals surface area contributed by atoms with Crippen molar-refractivity contribution in [1.29, 1.82) is 0 Å². The highest BCUT2D eigenvalue weighted by atomic mass is 16.5. The first-order valence-corrected chi connectivity index (χ1v) is 8.57. The van der Waals surface area contributed by atoms with Gasteiger partial charge in [0.15, 0.2) is 6.10 Å². The number of methoxy groups -OCH3 is 1. The van der Waals surface area contributed by atoms with Crippen LogP contribution in [0.5, 0.6) is 0 Å². The van der Waals surface area contributed by atoms with Gasteiger partial charge in [0.2, 0.25) is 5.78 Å². The monoisotopic (exact) mass is 381 g/mol. The highest BCUT2D eigenvalue weighted by Crippen LogP contribution is 2.21. The molecule has 1 N–H and O–H groups in total. The molecule has 8 nitrogen and oxygen atoms in total. The zero-order valence-electron chi connectivity index (χ0n) is 15.9. The van der Waals surface area contributed by atoms with E-state index in [9.17, 15) is 14.4 Å². The van der Waals surface area contributed by atoms with Gasteiger partial charge in [-0.05, 0) is 44.5 Å². The fourth-order valence-electron chi connectivity index (χ4n) is 2.98. The predicted molar refractivity (Wildman–Crippen MR) is 100 cm³/mol. The smallest absolute Gasteiger partial charge is 0.339 e. The standard InChI is InChI=1S/C20H19N3O5/c1-10-16(20(26)27-4)11(2)23-17(10)18(24)12(3)28-19(25)13-5-6-14-15(9-13)22-8-7-21-14/h5-9,12,23H,1-4H3/t12-/m0/s1. The van der Waals surface area contributed by atoms with E-state index in [0.717, 1.165) is 0 Å². The minimum atomic E-state index is -1.05. The molecule has 0 saturated carbocycles. The van der Waals surface area contributed by atoms with E-state index in [1.807, 2.05) is 0 Å². The molecule has 0 spiro atoms. The Morgan fingerprint density at radius 3 is 2.39 bits per heavy atom. The number of aromatic amines is 1. The Morgan fingerprint density at radius 1 is 1.04 bits per heavy atom. The number of Topliss-reactive ketones (excluding diaryl/α,β-unsaturated/α-hetero) is 1. The number of fused-ring (bicyclic) bond motifs is 1. The molecule has 0 fully saturated rings. The van der Waals surface area contributed by atoms with E-state index in [0.29, 0.717) is 27.9 Å². The summed E-state index contributed by atoms with van der Waals surface area (Å²) in [4.78, 5) is 48.2. The number of hydrogen-bond acceptors (Lipinski definition) is 7. The van der Waals surface area contributed by atoms with Crippen molar-refractivity contribution in [2.24, 2.45) is 0 Å². The van der Waals surface area contributed by atoms with Crippen LogP contribution in [0.15, 0.2) is 30.6 Å². The lowest BCUT2D eigenvalue weighted by Crippen LogP contribution is -2.25. The maximum absolute atomic E-state index is 12.7. The largest absolute Gasteiger partial charge is 0.465 e. The number of ether oxygens (including phenoxy) is 2. The average molecular weight is 381 g/mol. The number of aryl methyl sites for hydroxylation is 1. The van der Waals surface area contributed by atoms with Crippen LogP contribution < -0.4 is 0 Å². The number of nitrogens with one attached hydrogen (secondary N) is 1. The molecule has 144 valence electrons. The van der Waals surface area contributed by atoms with Crippen molar-refractivity contribution in [1.82, 2.24) is 15.0 Å². The Hall–Kier alpha value is -3.55. The minimum absolute atomic E-state index is 0.211. The third kappa shape index (κ3) is 3.48. The number of ketones is 1. The van der Waals surface area contributed by atoms with Gasteiger partial charge in [-0.25, -0.2) is 9.59 Å². The number of hydrogen-bond donors (Lipinski definition) is 1. The van der Waals surface area contributed by atoms with E-state index in [2.05, 4.69) is 15.0 Å². The normalized spacial score (nSPS) is 11.9. The number of esters is 2. The predicted octanol–water partition coefficient (Wildman–Crippen LogP) is 2.79. The summed E-state index contributed by atoms with van der Waals surface area (Å²) in [6.45, 7) is 4.79. The third-order valence-electron chi connectivity index (χ3n) is 4.43. The highest BCUT2D eigenvalue weighted by molar-refractivity contribution is 6.04. The lowest BCUT2D eigenvalue weighted by molar-refractivity contribution is 0.0317. The fourth-order valence-corrected chi connectivity index (χ4v) is 2.98. The molecule has 2 aromatic heterocycles. The summed E-state index contributed by atoms with van der Waals surface area (Å²) in [6, 6.07) is 4.78. The minimum Gasteiger partial charge on any atom is -0.465 e. The molecule has 8 heteroatoms. The average Bonchev–Trinajstić information content (AvgIpc) is 3.00. The van der Waals surface area contributed by atoms with Crippen LogP contribution >= 0.6 is 0 Å². The van der Waals surface area contributed by atoms with Gasteiger partial charge < -0.3 is 14.5 Å². The van der Waals surface area contributed by atoms with E-state index in [4.69, 9.17) is 9.47 Å². The van der Waals surface area contributed by atoms with Crippen LogP contribution in [0.2, 0.25) is 0 Å². The molecule has 2 heterocycles. The van der Waals surface area contributed by atoms with E-state index in [-0.39, 0.29) is 11.3 Å². The molecular formula is C20H19N3O5. The number of carbonyl (C=O) groups excluding carboxylic acids is 3. The summed E-state index contributed by atoms with van der Waals surface area (Å²) in [5.74, 6) is -1.63. The van der Waals surface area contributed by atoms with Crippen molar-refractivity contribution in [2.45, 2.75) is 26.9 Å². The molecule has 0 aliphatic carbocycles. The second-order valence-corrected chi connectivity index (χ2v) is 6.29. The van der Waals surface area contributed by atoms with Crippen LogP contribution in [0.25, 0.3) is 11.0 Å². The van der Waals surface area contributed by atoms with E-state index >= 15 is 0 Å².